The van der Waals surface area contributed by atoms with Gasteiger partial charge in [-0.3, -0.25) is 4.79 Å². The normalized spacial score (nSPS) is 11.2. The molecule has 0 atom stereocenters. The highest BCUT2D eigenvalue weighted by Crippen LogP contribution is 2.32. The summed E-state index contributed by atoms with van der Waals surface area (Å²) in [6.45, 7) is 2.14. The van der Waals surface area contributed by atoms with Gasteiger partial charge in [-0.1, -0.05) is 13.3 Å². The molecule has 0 saturated carbocycles. The summed E-state index contributed by atoms with van der Waals surface area (Å²) in [4.78, 5) is 20.0. The first-order valence-corrected chi connectivity index (χ1v) is 8.45. The van der Waals surface area contributed by atoms with Crippen LogP contribution in [0.3, 0.4) is 0 Å². The molecule has 0 saturated heterocycles. The Morgan fingerprint density at radius 3 is 2.73 bits per heavy atom. The number of fused-ring (bicyclic) bond motifs is 2. The fourth-order valence-corrected chi connectivity index (χ4v) is 3.54. The monoisotopic (exact) mass is 312 g/mol. The summed E-state index contributed by atoms with van der Waals surface area (Å²) in [5.41, 5.74) is 4.09. The summed E-state index contributed by atoms with van der Waals surface area (Å²) >= 11 is 1.64. The Morgan fingerprint density at radius 2 is 2.00 bits per heavy atom. The van der Waals surface area contributed by atoms with E-state index < -0.39 is 0 Å². The highest BCUT2D eigenvalue weighted by Gasteiger charge is 2.12. The minimum atomic E-state index is 0.141. The lowest BCUT2D eigenvalue weighted by molar-refractivity contribution is 0.791. The smallest absolute Gasteiger partial charge is 0.183 e. The Balaban J connectivity index is 2.15. The summed E-state index contributed by atoms with van der Waals surface area (Å²) in [6, 6.07) is 9.98. The lowest BCUT2D eigenvalue weighted by Crippen LogP contribution is -2.09. The molecule has 0 unspecified atom stereocenters. The molecule has 0 amide bonds. The number of aryl methyl sites for hydroxylation is 1. The third kappa shape index (κ3) is 2.83. The molecule has 0 radical (unpaired) electrons. The second kappa shape index (κ2) is 6.05. The van der Waals surface area contributed by atoms with Crippen molar-refractivity contribution in [2.45, 2.75) is 26.2 Å². The van der Waals surface area contributed by atoms with Crippen LogP contribution >= 0.6 is 11.3 Å². The van der Waals surface area contributed by atoms with Gasteiger partial charge in [-0.05, 0) is 37.1 Å². The Kier molecular flexibility index (Phi) is 4.12. The largest absolute Gasteiger partial charge is 0.378 e. The zero-order valence-corrected chi connectivity index (χ0v) is 14.0. The molecule has 1 aliphatic heterocycles. The molecule has 0 fully saturated rings. The SMILES string of the molecule is CCCCc1cc2nc3ccc(N(C)C)cc3sc-2cc1=O. The van der Waals surface area contributed by atoms with E-state index in [1.807, 2.05) is 20.2 Å². The van der Waals surface area contributed by atoms with Crippen molar-refractivity contribution in [1.29, 1.82) is 0 Å². The average molecular weight is 312 g/mol. The van der Waals surface area contributed by atoms with Crippen LogP contribution in [-0.2, 0) is 6.42 Å². The Hall–Kier alpha value is -1.94. The Morgan fingerprint density at radius 1 is 1.18 bits per heavy atom. The molecule has 0 bridgehead atoms. The highest BCUT2D eigenvalue weighted by atomic mass is 32.1. The van der Waals surface area contributed by atoms with Crippen LogP contribution < -0.4 is 10.3 Å². The van der Waals surface area contributed by atoms with Gasteiger partial charge in [0.15, 0.2) is 5.43 Å². The van der Waals surface area contributed by atoms with Gasteiger partial charge in [0.1, 0.15) is 0 Å². The van der Waals surface area contributed by atoms with Crippen molar-refractivity contribution >= 4 is 27.2 Å². The molecule has 0 aromatic heterocycles. The predicted octanol–water partition coefficient (Wildman–Crippen LogP) is 4.17. The molecule has 1 aliphatic carbocycles. The van der Waals surface area contributed by atoms with Crippen LogP contribution in [0.15, 0.2) is 35.1 Å². The molecule has 22 heavy (non-hydrogen) atoms. The first kappa shape index (κ1) is 15.0. The van der Waals surface area contributed by atoms with E-state index in [2.05, 4.69) is 30.0 Å². The van der Waals surface area contributed by atoms with Gasteiger partial charge >= 0.3 is 0 Å². The van der Waals surface area contributed by atoms with E-state index in [4.69, 9.17) is 4.98 Å². The second-order valence-corrected chi connectivity index (χ2v) is 6.88. The summed E-state index contributed by atoms with van der Waals surface area (Å²) in [5, 5.41) is 0. The summed E-state index contributed by atoms with van der Waals surface area (Å²) < 4.78 is 1.11. The topological polar surface area (TPSA) is 33.2 Å². The lowest BCUT2D eigenvalue weighted by atomic mass is 10.1. The molecule has 3 rings (SSSR count). The molecule has 2 aliphatic rings. The van der Waals surface area contributed by atoms with Crippen LogP contribution in [0.1, 0.15) is 25.3 Å². The van der Waals surface area contributed by atoms with Crippen molar-refractivity contribution < 1.29 is 0 Å². The predicted molar refractivity (Wildman–Crippen MR) is 95.5 cm³/mol. The number of nitrogens with zero attached hydrogens (tertiary/aromatic N) is 2. The van der Waals surface area contributed by atoms with Gasteiger partial charge in [-0.2, -0.15) is 0 Å². The van der Waals surface area contributed by atoms with E-state index in [-0.39, 0.29) is 5.43 Å². The number of aromatic nitrogens is 1. The van der Waals surface area contributed by atoms with Gasteiger partial charge in [-0.25, -0.2) is 4.98 Å². The van der Waals surface area contributed by atoms with Crippen molar-refractivity contribution in [3.63, 3.8) is 0 Å². The molecular formula is C18H20N2OS. The number of hydrogen-bond donors (Lipinski definition) is 0. The molecular weight excluding hydrogens is 292 g/mol. The fourth-order valence-electron chi connectivity index (χ4n) is 2.53. The number of unbranched alkanes of at least 4 members (excludes halogenated alkanes) is 1. The summed E-state index contributed by atoms with van der Waals surface area (Å²) in [7, 11) is 4.05. The van der Waals surface area contributed by atoms with Gasteiger partial charge in [0.05, 0.1) is 20.8 Å². The van der Waals surface area contributed by atoms with Crippen LogP contribution in [0.5, 0.6) is 0 Å². The maximum absolute atomic E-state index is 12.2. The molecule has 3 nitrogen and oxygen atoms in total. The lowest BCUT2D eigenvalue weighted by Gasteiger charge is -2.14. The van der Waals surface area contributed by atoms with E-state index in [0.29, 0.717) is 0 Å². The first-order valence-electron chi connectivity index (χ1n) is 7.63. The second-order valence-electron chi connectivity index (χ2n) is 5.79. The maximum Gasteiger partial charge on any atom is 0.183 e. The minimum Gasteiger partial charge on any atom is -0.378 e. The molecule has 1 aromatic carbocycles. The fraction of sp³-hybridized carbons (Fsp3) is 0.333. The standard InChI is InChI=1S/C18H20N2OS/c1-4-5-6-12-9-15-18(11-16(12)21)22-17-10-13(20(2)3)7-8-14(17)19-15/h7-11H,4-6H2,1-3H3. The Bertz CT molecular complexity index is 838. The van der Waals surface area contributed by atoms with Crippen LogP contribution in [0.4, 0.5) is 5.69 Å². The summed E-state index contributed by atoms with van der Waals surface area (Å²) in [5.74, 6) is 0. The Labute approximate surface area is 134 Å². The zero-order chi connectivity index (χ0) is 15.7. The molecule has 0 spiro atoms. The van der Waals surface area contributed by atoms with Crippen molar-refractivity contribution in [2.75, 3.05) is 19.0 Å². The summed E-state index contributed by atoms with van der Waals surface area (Å²) in [6.07, 6.45) is 2.98. The van der Waals surface area contributed by atoms with Gasteiger partial charge in [0.25, 0.3) is 0 Å². The average Bonchev–Trinajstić information content (AvgIpc) is 2.50. The minimum absolute atomic E-state index is 0.141. The van der Waals surface area contributed by atoms with Crippen molar-refractivity contribution in [1.82, 2.24) is 4.98 Å². The molecule has 1 heterocycles. The van der Waals surface area contributed by atoms with Gasteiger partial charge < -0.3 is 4.90 Å². The quantitative estimate of drug-likeness (QED) is 0.678. The number of rotatable bonds is 4. The van der Waals surface area contributed by atoms with E-state index in [0.717, 1.165) is 51.3 Å². The number of anilines is 1. The van der Waals surface area contributed by atoms with Crippen LogP contribution in [-0.4, -0.2) is 19.1 Å². The maximum atomic E-state index is 12.2. The third-order valence-electron chi connectivity index (χ3n) is 3.86. The van der Waals surface area contributed by atoms with E-state index in [9.17, 15) is 4.79 Å². The molecule has 114 valence electrons. The van der Waals surface area contributed by atoms with Gasteiger partial charge in [0.2, 0.25) is 0 Å². The first-order chi connectivity index (χ1) is 10.6. The van der Waals surface area contributed by atoms with Crippen LogP contribution in [0, 0.1) is 0 Å². The van der Waals surface area contributed by atoms with Crippen molar-refractivity contribution in [3.8, 4) is 10.6 Å². The van der Waals surface area contributed by atoms with E-state index in [1.54, 1.807) is 17.4 Å². The van der Waals surface area contributed by atoms with E-state index in [1.165, 1.54) is 0 Å². The third-order valence-corrected chi connectivity index (χ3v) is 4.96. The van der Waals surface area contributed by atoms with E-state index >= 15 is 0 Å². The molecule has 1 aromatic rings. The van der Waals surface area contributed by atoms with Gasteiger partial charge in [0, 0.05) is 31.4 Å². The zero-order valence-electron chi connectivity index (χ0n) is 13.2. The highest BCUT2D eigenvalue weighted by molar-refractivity contribution is 7.21. The van der Waals surface area contributed by atoms with Crippen molar-refractivity contribution in [2.24, 2.45) is 0 Å². The number of benzene rings is 2. The van der Waals surface area contributed by atoms with Crippen LogP contribution in [0.2, 0.25) is 0 Å². The molecule has 4 heteroatoms. The number of hydrogen-bond acceptors (Lipinski definition) is 4. The van der Waals surface area contributed by atoms with Crippen molar-refractivity contribution in [3.05, 3.63) is 46.1 Å². The molecule has 0 N–H and O–H groups in total. The van der Waals surface area contributed by atoms with Gasteiger partial charge in [-0.15, -0.1) is 11.3 Å². The van der Waals surface area contributed by atoms with Crippen LogP contribution in [0.25, 0.3) is 20.8 Å².